The summed E-state index contributed by atoms with van der Waals surface area (Å²) in [4.78, 5) is 33.5. The molecular weight excluding hydrogens is 446 g/mol. The molecule has 4 rings (SSSR count). The van der Waals surface area contributed by atoms with E-state index in [-0.39, 0.29) is 25.2 Å². The fourth-order valence-corrected chi connectivity index (χ4v) is 5.13. The highest BCUT2D eigenvalue weighted by Crippen LogP contribution is 2.42. The van der Waals surface area contributed by atoms with Crippen molar-refractivity contribution >= 4 is 23.6 Å². The highest BCUT2D eigenvalue weighted by Gasteiger charge is 2.41. The summed E-state index contributed by atoms with van der Waals surface area (Å²) in [6.45, 7) is 7.23. The molecule has 35 heavy (non-hydrogen) atoms. The number of benzene rings is 2. The molecule has 0 aromatic heterocycles. The van der Waals surface area contributed by atoms with Crippen molar-refractivity contribution < 1.29 is 19.1 Å². The fraction of sp³-hybridized carbons (Fsp3) is 0.423. The number of carbonyl (C=O) groups is 2. The van der Waals surface area contributed by atoms with Gasteiger partial charge >= 0.3 is 12.1 Å². The van der Waals surface area contributed by atoms with Gasteiger partial charge in [-0.05, 0) is 61.6 Å². The van der Waals surface area contributed by atoms with Crippen LogP contribution in [-0.2, 0) is 6.42 Å². The Balaban J connectivity index is 1.77. The van der Waals surface area contributed by atoms with Crippen LogP contribution in [-0.4, -0.2) is 61.6 Å². The van der Waals surface area contributed by atoms with Crippen molar-refractivity contribution in [2.75, 3.05) is 33.9 Å². The van der Waals surface area contributed by atoms with Crippen LogP contribution in [0, 0.1) is 20.8 Å². The smallest absolute Gasteiger partial charge is 0.326 e. The molecule has 2 heterocycles. The Morgan fingerprint density at radius 1 is 1.11 bits per heavy atom. The SMILES string of the molecule is COc1cc2c(cc1OC)C1CC(=Nc3c(C)cc(C)cc3C)N(CCNC(N)=O)C(=O)N1CC2. The van der Waals surface area contributed by atoms with Gasteiger partial charge in [-0.2, -0.15) is 0 Å². The molecule has 0 saturated carbocycles. The molecule has 0 bridgehead atoms. The van der Waals surface area contributed by atoms with E-state index < -0.39 is 6.03 Å². The van der Waals surface area contributed by atoms with Gasteiger partial charge in [0.05, 0.1) is 25.9 Å². The summed E-state index contributed by atoms with van der Waals surface area (Å²) in [7, 11) is 3.23. The number of aryl methyl sites for hydroxylation is 3. The molecule has 0 radical (unpaired) electrons. The number of fused-ring (bicyclic) bond motifs is 3. The number of primary amides is 1. The van der Waals surface area contributed by atoms with Gasteiger partial charge in [0, 0.05) is 26.1 Å². The first-order valence-electron chi connectivity index (χ1n) is 11.7. The highest BCUT2D eigenvalue weighted by atomic mass is 16.5. The quantitative estimate of drug-likeness (QED) is 0.657. The summed E-state index contributed by atoms with van der Waals surface area (Å²) < 4.78 is 11.0. The lowest BCUT2D eigenvalue weighted by Gasteiger charge is -2.45. The van der Waals surface area contributed by atoms with Crippen molar-refractivity contribution in [2.24, 2.45) is 10.7 Å². The number of rotatable bonds is 6. The number of hydrogen-bond acceptors (Lipinski definition) is 5. The van der Waals surface area contributed by atoms with Crippen molar-refractivity contribution in [3.8, 4) is 11.5 Å². The minimum absolute atomic E-state index is 0.130. The van der Waals surface area contributed by atoms with Crippen molar-refractivity contribution in [3.63, 3.8) is 0 Å². The lowest BCUT2D eigenvalue weighted by Crippen LogP contribution is -2.56. The van der Waals surface area contributed by atoms with Crippen LogP contribution in [0.5, 0.6) is 11.5 Å². The molecule has 186 valence electrons. The van der Waals surface area contributed by atoms with Gasteiger partial charge in [-0.25, -0.2) is 14.6 Å². The molecule has 9 heteroatoms. The Hall–Kier alpha value is -3.75. The molecule has 9 nitrogen and oxygen atoms in total. The monoisotopic (exact) mass is 479 g/mol. The summed E-state index contributed by atoms with van der Waals surface area (Å²) in [5.41, 5.74) is 11.6. The van der Waals surface area contributed by atoms with Crippen LogP contribution in [0.1, 0.15) is 40.3 Å². The van der Waals surface area contributed by atoms with Crippen molar-refractivity contribution in [1.82, 2.24) is 15.1 Å². The maximum atomic E-state index is 13.7. The number of nitrogens with zero attached hydrogens (tertiary/aromatic N) is 3. The predicted octanol–water partition coefficient (Wildman–Crippen LogP) is 3.75. The van der Waals surface area contributed by atoms with E-state index in [4.69, 9.17) is 20.2 Å². The maximum Gasteiger partial charge on any atom is 0.326 e. The molecule has 1 saturated heterocycles. The Kier molecular flexibility index (Phi) is 6.86. The zero-order valence-electron chi connectivity index (χ0n) is 21.0. The van der Waals surface area contributed by atoms with Gasteiger partial charge in [-0.15, -0.1) is 0 Å². The van der Waals surface area contributed by atoms with E-state index in [1.165, 1.54) is 5.56 Å². The van der Waals surface area contributed by atoms with Crippen LogP contribution in [0.25, 0.3) is 0 Å². The predicted molar refractivity (Wildman–Crippen MR) is 135 cm³/mol. The molecule has 2 aromatic rings. The fourth-order valence-electron chi connectivity index (χ4n) is 5.13. The second kappa shape index (κ2) is 9.85. The third-order valence-corrected chi connectivity index (χ3v) is 6.68. The van der Waals surface area contributed by atoms with Gasteiger partial charge in [0.2, 0.25) is 0 Å². The molecule has 1 unspecified atom stereocenters. The van der Waals surface area contributed by atoms with Crippen molar-refractivity contribution in [1.29, 1.82) is 0 Å². The first-order valence-corrected chi connectivity index (χ1v) is 11.7. The number of amidine groups is 1. The Bertz CT molecular complexity index is 1170. The van der Waals surface area contributed by atoms with Crippen molar-refractivity contribution in [3.05, 3.63) is 52.1 Å². The second-order valence-corrected chi connectivity index (χ2v) is 9.07. The molecule has 2 aliphatic rings. The van der Waals surface area contributed by atoms with Crippen LogP contribution in [0.3, 0.4) is 0 Å². The van der Waals surface area contributed by atoms with Crippen LogP contribution >= 0.6 is 0 Å². The molecule has 1 atom stereocenters. The molecule has 1 fully saturated rings. The second-order valence-electron chi connectivity index (χ2n) is 9.07. The average Bonchev–Trinajstić information content (AvgIpc) is 2.81. The number of aliphatic imine (C=N–C) groups is 1. The van der Waals surface area contributed by atoms with Crippen LogP contribution < -0.4 is 20.5 Å². The first kappa shape index (κ1) is 24.4. The number of nitrogens with two attached hydrogens (primary N) is 1. The number of amides is 4. The third kappa shape index (κ3) is 4.76. The summed E-state index contributed by atoms with van der Waals surface area (Å²) >= 11 is 0. The van der Waals surface area contributed by atoms with Gasteiger partial charge in [0.25, 0.3) is 0 Å². The van der Waals surface area contributed by atoms with Gasteiger partial charge < -0.3 is 25.4 Å². The maximum absolute atomic E-state index is 13.7. The molecule has 3 N–H and O–H groups in total. The molecular formula is C26H33N5O4. The van der Waals surface area contributed by atoms with E-state index >= 15 is 0 Å². The standard InChI is InChI=1S/C26H33N5O4/c1-15-10-16(2)24(17(3)11-15)29-23-14-20-19-13-22(35-5)21(34-4)12-18(19)6-8-30(20)26(33)31(23)9-7-28-25(27)32/h10-13,20H,6-9,14H2,1-5H3,(H3,27,28,32). The Morgan fingerprint density at radius 3 is 2.40 bits per heavy atom. The zero-order valence-corrected chi connectivity index (χ0v) is 21.0. The minimum atomic E-state index is -0.621. The summed E-state index contributed by atoms with van der Waals surface area (Å²) in [6, 6.07) is 7.24. The van der Waals surface area contributed by atoms with E-state index in [0.717, 1.165) is 27.9 Å². The van der Waals surface area contributed by atoms with E-state index in [2.05, 4.69) is 24.4 Å². The number of urea groups is 2. The molecule has 2 aromatic carbocycles. The summed E-state index contributed by atoms with van der Waals surface area (Å²) in [6.07, 6.45) is 1.26. The van der Waals surface area contributed by atoms with E-state index in [1.807, 2.05) is 30.9 Å². The van der Waals surface area contributed by atoms with Gasteiger partial charge in [-0.1, -0.05) is 17.7 Å². The molecule has 0 spiro atoms. The lowest BCUT2D eigenvalue weighted by atomic mass is 9.88. The summed E-state index contributed by atoms with van der Waals surface area (Å²) in [5, 5.41) is 2.58. The van der Waals surface area contributed by atoms with Gasteiger partial charge in [0.15, 0.2) is 11.5 Å². The number of carbonyl (C=O) groups excluding carboxylic acids is 2. The van der Waals surface area contributed by atoms with Crippen LogP contribution in [0.2, 0.25) is 0 Å². The van der Waals surface area contributed by atoms with E-state index in [0.29, 0.717) is 36.7 Å². The topological polar surface area (TPSA) is 109 Å². The van der Waals surface area contributed by atoms with E-state index in [1.54, 1.807) is 19.1 Å². The van der Waals surface area contributed by atoms with Crippen molar-refractivity contribution in [2.45, 2.75) is 39.7 Å². The first-order chi connectivity index (χ1) is 16.7. The third-order valence-electron chi connectivity index (χ3n) is 6.68. The van der Waals surface area contributed by atoms with Crippen LogP contribution in [0.15, 0.2) is 29.3 Å². The van der Waals surface area contributed by atoms with E-state index in [9.17, 15) is 9.59 Å². The Labute approximate surface area is 205 Å². The molecule has 2 aliphatic heterocycles. The van der Waals surface area contributed by atoms with Gasteiger partial charge in [-0.3, -0.25) is 4.90 Å². The molecule has 0 aliphatic carbocycles. The highest BCUT2D eigenvalue weighted by molar-refractivity contribution is 6.02. The lowest BCUT2D eigenvalue weighted by molar-refractivity contribution is 0.135. The zero-order chi connectivity index (χ0) is 25.3. The minimum Gasteiger partial charge on any atom is -0.493 e. The Morgan fingerprint density at radius 2 is 1.77 bits per heavy atom. The molecule has 4 amide bonds. The largest absolute Gasteiger partial charge is 0.493 e. The van der Waals surface area contributed by atoms with Crippen LogP contribution in [0.4, 0.5) is 15.3 Å². The number of methoxy groups -OCH3 is 2. The number of ether oxygens (including phenoxy) is 2. The number of nitrogens with one attached hydrogen (secondary N) is 1. The average molecular weight is 480 g/mol. The number of hydrogen-bond donors (Lipinski definition) is 2. The van der Waals surface area contributed by atoms with Gasteiger partial charge in [0.1, 0.15) is 5.84 Å². The normalized spacial score (nSPS) is 18.3. The summed E-state index contributed by atoms with van der Waals surface area (Å²) in [5.74, 6) is 1.98.